The fourth-order valence-corrected chi connectivity index (χ4v) is 2.39. The smallest absolute Gasteiger partial charge is 0.330 e. The van der Waals surface area contributed by atoms with Gasteiger partial charge in [0.05, 0.1) is 13.2 Å². The highest BCUT2D eigenvalue weighted by Crippen LogP contribution is 2.31. The molecule has 2 heterocycles. The molecule has 1 aliphatic rings. The molecule has 0 radical (unpaired) electrons. The largest absolute Gasteiger partial charge is 0.394 e. The lowest BCUT2D eigenvalue weighted by Gasteiger charge is -2.22. The van der Waals surface area contributed by atoms with Crippen LogP contribution in [0.15, 0.2) is 15.8 Å². The van der Waals surface area contributed by atoms with Crippen LogP contribution in [0.25, 0.3) is 0 Å². The third-order valence-electron chi connectivity index (χ3n) is 3.65. The molecule has 1 aliphatic heterocycles. The van der Waals surface area contributed by atoms with Crippen molar-refractivity contribution in [2.45, 2.75) is 44.5 Å². The van der Waals surface area contributed by atoms with E-state index in [1.54, 1.807) is 6.92 Å². The number of ether oxygens (including phenoxy) is 2. The van der Waals surface area contributed by atoms with Crippen LogP contribution in [0, 0.1) is 6.92 Å². The monoisotopic (exact) mass is 346 g/mol. The topological polar surface area (TPSA) is 132 Å². The highest BCUT2D eigenvalue weighted by atomic mass is 17.2. The van der Waals surface area contributed by atoms with Crippen molar-refractivity contribution in [2.24, 2.45) is 0 Å². The van der Waals surface area contributed by atoms with Crippen LogP contribution >= 0.6 is 0 Å². The third kappa shape index (κ3) is 3.91. The van der Waals surface area contributed by atoms with Crippen LogP contribution in [0.2, 0.25) is 0 Å². The standard InChI is InChI=1S/C14H22N2O8/c1-7-4-16(14(20)15-12(7)19)13-11(10(18)9(5-17)22-13)24-23-8(2)6-21-3/h4,8-11,13,17-18H,5-6H2,1-3H3,(H,15,19,20)/t8?,9-,10?,11?,13-/m0/s1. The summed E-state index contributed by atoms with van der Waals surface area (Å²) in [5.74, 6) is 0. The van der Waals surface area contributed by atoms with E-state index in [9.17, 15) is 19.8 Å². The van der Waals surface area contributed by atoms with Gasteiger partial charge in [0, 0.05) is 18.9 Å². The van der Waals surface area contributed by atoms with Crippen LogP contribution in [0.4, 0.5) is 0 Å². The number of rotatable bonds is 7. The number of aromatic amines is 1. The predicted octanol–water partition coefficient (Wildman–Crippen LogP) is -1.55. The van der Waals surface area contributed by atoms with Crippen LogP contribution in [-0.4, -0.2) is 64.5 Å². The highest BCUT2D eigenvalue weighted by Gasteiger charge is 2.47. The molecule has 2 rings (SSSR count). The number of nitrogens with one attached hydrogen (secondary N) is 1. The molecule has 136 valence electrons. The molecule has 3 N–H and O–H groups in total. The zero-order chi connectivity index (χ0) is 17.9. The Kier molecular flexibility index (Phi) is 6.27. The van der Waals surface area contributed by atoms with E-state index in [2.05, 4.69) is 4.98 Å². The van der Waals surface area contributed by atoms with E-state index in [4.69, 9.17) is 19.2 Å². The summed E-state index contributed by atoms with van der Waals surface area (Å²) in [6, 6.07) is 0. The Hall–Kier alpha value is -1.56. The number of hydrogen-bond acceptors (Lipinski definition) is 8. The lowest BCUT2D eigenvalue weighted by Crippen LogP contribution is -2.40. The molecule has 1 fully saturated rings. The average molecular weight is 346 g/mol. The van der Waals surface area contributed by atoms with Gasteiger partial charge in [-0.25, -0.2) is 14.6 Å². The molecule has 24 heavy (non-hydrogen) atoms. The fourth-order valence-electron chi connectivity index (χ4n) is 2.39. The van der Waals surface area contributed by atoms with Crippen LogP contribution in [0.3, 0.4) is 0 Å². The van der Waals surface area contributed by atoms with Gasteiger partial charge in [0.1, 0.15) is 18.3 Å². The summed E-state index contributed by atoms with van der Waals surface area (Å²) in [5.41, 5.74) is -0.955. The number of aryl methyl sites for hydroxylation is 1. The summed E-state index contributed by atoms with van der Waals surface area (Å²) in [6.07, 6.45) is -3.47. The molecule has 0 bridgehead atoms. The van der Waals surface area contributed by atoms with E-state index in [1.165, 1.54) is 20.2 Å². The normalized spacial score (nSPS) is 28.2. The van der Waals surface area contributed by atoms with E-state index in [0.717, 1.165) is 4.57 Å². The molecule has 1 aromatic heterocycles. The number of hydrogen-bond donors (Lipinski definition) is 3. The molecular weight excluding hydrogens is 324 g/mol. The second-order valence-corrected chi connectivity index (χ2v) is 5.64. The Morgan fingerprint density at radius 3 is 2.79 bits per heavy atom. The molecule has 1 saturated heterocycles. The Morgan fingerprint density at radius 2 is 2.17 bits per heavy atom. The maximum Gasteiger partial charge on any atom is 0.330 e. The number of aliphatic hydroxyl groups excluding tert-OH is 2. The molecule has 0 saturated carbocycles. The summed E-state index contributed by atoms with van der Waals surface area (Å²) in [4.78, 5) is 36.1. The minimum absolute atomic E-state index is 0.259. The lowest BCUT2D eigenvalue weighted by atomic mass is 10.1. The maximum atomic E-state index is 12.0. The van der Waals surface area contributed by atoms with E-state index in [0.29, 0.717) is 0 Å². The molecule has 10 nitrogen and oxygen atoms in total. The second-order valence-electron chi connectivity index (χ2n) is 5.64. The molecule has 1 aromatic rings. The Bertz CT molecular complexity index is 657. The van der Waals surface area contributed by atoms with Crippen molar-refractivity contribution in [3.8, 4) is 0 Å². The van der Waals surface area contributed by atoms with Crippen molar-refractivity contribution in [1.29, 1.82) is 0 Å². The van der Waals surface area contributed by atoms with Crippen molar-refractivity contribution in [1.82, 2.24) is 9.55 Å². The van der Waals surface area contributed by atoms with Crippen LogP contribution in [0.5, 0.6) is 0 Å². The molecule has 0 aromatic carbocycles. The van der Waals surface area contributed by atoms with Gasteiger partial charge in [-0.3, -0.25) is 14.3 Å². The molecule has 0 aliphatic carbocycles. The SMILES string of the molecule is COCC(C)OOC1C(O)[C@H](CO)O[C@@H]1n1cc(C)c(=O)[nH]c1=O. The number of aliphatic hydroxyl groups is 2. The minimum atomic E-state index is -1.23. The Morgan fingerprint density at radius 1 is 1.46 bits per heavy atom. The number of aromatic nitrogens is 2. The van der Waals surface area contributed by atoms with Gasteiger partial charge in [-0.2, -0.15) is 0 Å². The van der Waals surface area contributed by atoms with Gasteiger partial charge < -0.3 is 19.7 Å². The fraction of sp³-hybridized carbons (Fsp3) is 0.714. The Labute approximate surface area is 137 Å². The quantitative estimate of drug-likeness (QED) is 0.399. The molecule has 10 heteroatoms. The molecule has 5 atom stereocenters. The van der Waals surface area contributed by atoms with Crippen LogP contribution < -0.4 is 11.2 Å². The summed E-state index contributed by atoms with van der Waals surface area (Å²) < 4.78 is 11.5. The first-order valence-corrected chi connectivity index (χ1v) is 7.46. The summed E-state index contributed by atoms with van der Waals surface area (Å²) in [7, 11) is 1.50. The predicted molar refractivity (Wildman–Crippen MR) is 80.4 cm³/mol. The number of methoxy groups -OCH3 is 1. The highest BCUT2D eigenvalue weighted by molar-refractivity contribution is 5.03. The van der Waals surface area contributed by atoms with Crippen molar-refractivity contribution in [3.63, 3.8) is 0 Å². The van der Waals surface area contributed by atoms with E-state index in [-0.39, 0.29) is 12.2 Å². The first kappa shape index (κ1) is 18.8. The van der Waals surface area contributed by atoms with Crippen LogP contribution in [0.1, 0.15) is 18.7 Å². The second kappa shape index (κ2) is 8.01. The number of nitrogens with zero attached hydrogens (tertiary/aromatic N) is 1. The van der Waals surface area contributed by atoms with Gasteiger partial charge in [0.2, 0.25) is 0 Å². The van der Waals surface area contributed by atoms with Crippen LogP contribution in [-0.2, 0) is 19.2 Å². The van der Waals surface area contributed by atoms with E-state index < -0.39 is 48.5 Å². The Balaban J connectivity index is 2.26. The van der Waals surface area contributed by atoms with Gasteiger partial charge >= 0.3 is 5.69 Å². The van der Waals surface area contributed by atoms with Gasteiger partial charge in [-0.15, -0.1) is 0 Å². The third-order valence-corrected chi connectivity index (χ3v) is 3.65. The van der Waals surface area contributed by atoms with Crippen molar-refractivity contribution >= 4 is 0 Å². The van der Waals surface area contributed by atoms with Gasteiger partial charge in [-0.1, -0.05) is 0 Å². The average Bonchev–Trinajstić information content (AvgIpc) is 2.85. The van der Waals surface area contributed by atoms with Gasteiger partial charge in [-0.05, 0) is 13.8 Å². The summed E-state index contributed by atoms with van der Waals surface area (Å²) in [5, 5.41) is 19.5. The number of H-pyrrole nitrogens is 1. The molecule has 0 amide bonds. The first-order valence-electron chi connectivity index (χ1n) is 7.46. The van der Waals surface area contributed by atoms with Gasteiger partial charge in [0.15, 0.2) is 12.3 Å². The van der Waals surface area contributed by atoms with E-state index in [1.807, 2.05) is 0 Å². The summed E-state index contributed by atoms with van der Waals surface area (Å²) in [6.45, 7) is 3.01. The lowest BCUT2D eigenvalue weighted by molar-refractivity contribution is -0.369. The van der Waals surface area contributed by atoms with E-state index >= 15 is 0 Å². The van der Waals surface area contributed by atoms with Crippen molar-refractivity contribution in [3.05, 3.63) is 32.6 Å². The molecule has 3 unspecified atom stereocenters. The zero-order valence-corrected chi connectivity index (χ0v) is 13.7. The first-order chi connectivity index (χ1) is 11.4. The minimum Gasteiger partial charge on any atom is -0.394 e. The van der Waals surface area contributed by atoms with Gasteiger partial charge in [0.25, 0.3) is 5.56 Å². The van der Waals surface area contributed by atoms with Crippen molar-refractivity contribution in [2.75, 3.05) is 20.3 Å². The summed E-state index contributed by atoms with van der Waals surface area (Å²) >= 11 is 0. The molecular formula is C14H22N2O8. The molecule has 0 spiro atoms. The van der Waals surface area contributed by atoms with Crippen molar-refractivity contribution < 1.29 is 29.5 Å². The zero-order valence-electron chi connectivity index (χ0n) is 13.7. The maximum absolute atomic E-state index is 12.0.